The number of thiocarbonyl (C=S) groups is 1. The van der Waals surface area contributed by atoms with E-state index in [2.05, 4.69) is 189 Å². The Hall–Kier alpha value is -3.54. The van der Waals surface area contributed by atoms with Gasteiger partial charge in [0.15, 0.2) is 9.03 Å². The average molecular weight is 1640 g/mol. The minimum atomic E-state index is -0.631. The van der Waals surface area contributed by atoms with Crippen LogP contribution in [0.1, 0.15) is 77.0 Å². The summed E-state index contributed by atoms with van der Waals surface area (Å²) in [6, 6.07) is 0. The van der Waals surface area contributed by atoms with Gasteiger partial charge in [0.1, 0.15) is 0 Å². The first-order valence-corrected chi connectivity index (χ1v) is 43.4. The Labute approximate surface area is 671 Å². The van der Waals surface area contributed by atoms with Crippen molar-refractivity contribution in [3.05, 3.63) is 3.92 Å². The molecule has 0 aromatic carbocycles. The van der Waals surface area contributed by atoms with Crippen molar-refractivity contribution in [2.75, 3.05) is 328 Å². The molecule has 12 aliphatic heterocycles. The van der Waals surface area contributed by atoms with Crippen molar-refractivity contribution in [2.45, 2.75) is 77.0 Å². The number of nitrogens with two attached hydrogens (primary N) is 4. The summed E-state index contributed by atoms with van der Waals surface area (Å²) in [5.41, 5.74) is 17.7. The second-order valence-electron chi connectivity index (χ2n) is 31.8. The van der Waals surface area contributed by atoms with Crippen LogP contribution in [0.3, 0.4) is 0 Å². The van der Waals surface area contributed by atoms with Crippen LogP contribution in [0.25, 0.3) is 0 Å². The fourth-order valence-electron chi connectivity index (χ4n) is 15.3. The lowest BCUT2D eigenvalue weighted by atomic mass is 9.95. The third kappa shape index (κ3) is 39.0. The van der Waals surface area contributed by atoms with E-state index in [-0.39, 0.29) is 11.0 Å². The molecular weight excluding hydrogens is 1500 g/mol. The average Bonchev–Trinajstić information content (AvgIpc) is 1.81. The first-order valence-electron chi connectivity index (χ1n) is 40.6. The normalized spacial score (nSPS) is 23.7. The van der Waals surface area contributed by atoms with E-state index in [1.54, 1.807) is 0 Å². The van der Waals surface area contributed by atoms with E-state index in [1.807, 2.05) is 17.4 Å². The number of carboxylic acids is 1. The molecule has 12 aliphatic rings. The van der Waals surface area contributed by atoms with Gasteiger partial charge in [-0.2, -0.15) is 0 Å². The molecule has 12 saturated heterocycles. The molecule has 622 valence electrons. The smallest absolute Gasteiger partial charge is 0.306 e. The summed E-state index contributed by atoms with van der Waals surface area (Å²) < 4.78 is 0.727. The summed E-state index contributed by atoms with van der Waals surface area (Å²) in [5.74, 6) is 8.13. The molecule has 35 heteroatoms. The van der Waals surface area contributed by atoms with Gasteiger partial charge < -0.3 is 113 Å². The number of rotatable bonds is 10. The van der Waals surface area contributed by atoms with Crippen LogP contribution < -0.4 is 54.6 Å². The number of anilines is 3. The van der Waals surface area contributed by atoms with Crippen LogP contribution >= 0.6 is 50.8 Å². The number of aromatic nitrogens is 4. The Kier molecular flexibility index (Phi) is 46.2. The Morgan fingerprint density at radius 1 is 0.407 bits per heavy atom. The standard InChI is InChI=1S/C13H24N6S.C12H23N3O.C11H21N3O.2C11H23N3.C7H13NO2.C5H12N2.C2H2BrN3S.CH5N3S/c1-17-4-2-11(3-5-17)10-18-6-8-19(9-7-18)13-16-15-12(14)20-13;1-13-5-3-11(4-6-13)12(16)15-9-7-14(2)8-10-15;1-13-6-2-10(3-7-13)11(15)14-8-4-12-5-9-14;2*1-13-6-2-11(3-7-13)10-14-8-4-12-5-9-14;1-8-4-2-6(3-5-8)7(9)10;1-7-4-2-6-3-5-7;3-1-5-6-2(4)7-1;2-1(5)4-3/h11H,2-10H2,1H3,(H2,14,15);11H,3-10H2,1-2H3;10,12H,2-9H2,1H3;2*11-12H,2-10H2,1H3;6H,2-5H2,1H3,(H,9,10);6H,2-5H2,1H3;(H2,4,6);3H2,(H3,2,4,5). The fourth-order valence-corrected chi connectivity index (χ4v) is 16.9. The second-order valence-corrected chi connectivity index (χ2v) is 35.5. The topological polar surface area (TPSA) is 333 Å². The van der Waals surface area contributed by atoms with Gasteiger partial charge in [-0.05, 0) is 258 Å². The molecule has 2 aromatic rings. The predicted octanol–water partition coefficient (Wildman–Crippen LogP) is 0.423. The van der Waals surface area contributed by atoms with Gasteiger partial charge >= 0.3 is 5.97 Å². The first kappa shape index (κ1) is 93.3. The largest absolute Gasteiger partial charge is 0.481 e. The number of likely N-dealkylation sites (tertiary alicyclic amines) is 6. The van der Waals surface area contributed by atoms with E-state index in [9.17, 15) is 14.4 Å². The monoisotopic (exact) mass is 1640 g/mol. The molecule has 0 atom stereocenters. The van der Waals surface area contributed by atoms with Crippen molar-refractivity contribution in [2.24, 2.45) is 47.1 Å². The quantitative estimate of drug-likeness (QED) is 0.0876. The number of aliphatic carboxylic acids is 1. The number of hydrazine groups is 1. The zero-order chi connectivity index (χ0) is 78.0. The highest BCUT2D eigenvalue weighted by molar-refractivity contribution is 9.11. The summed E-state index contributed by atoms with van der Waals surface area (Å²) in [6.45, 7) is 44.3. The lowest BCUT2D eigenvalue weighted by molar-refractivity contribution is -0.143. The molecule has 2 amide bonds. The van der Waals surface area contributed by atoms with Gasteiger partial charge in [-0.1, -0.05) is 22.7 Å². The molecule has 12 fully saturated rings. The molecule has 14 rings (SSSR count). The van der Waals surface area contributed by atoms with Crippen molar-refractivity contribution in [1.82, 2.24) is 111 Å². The van der Waals surface area contributed by atoms with Crippen LogP contribution in [0.15, 0.2) is 3.92 Å². The van der Waals surface area contributed by atoms with Gasteiger partial charge in [0.05, 0.1) is 5.92 Å². The van der Waals surface area contributed by atoms with Gasteiger partial charge in [-0.25, -0.2) is 5.84 Å². The van der Waals surface area contributed by atoms with Crippen molar-refractivity contribution in [3.8, 4) is 0 Å². The van der Waals surface area contributed by atoms with Crippen molar-refractivity contribution in [3.63, 3.8) is 0 Å². The predicted molar refractivity (Wildman–Crippen MR) is 451 cm³/mol. The van der Waals surface area contributed by atoms with Gasteiger partial charge in [0, 0.05) is 189 Å². The van der Waals surface area contributed by atoms with Gasteiger partial charge in [0.25, 0.3) is 0 Å². The first-order chi connectivity index (χ1) is 52.0. The molecule has 31 nitrogen and oxygen atoms in total. The molecule has 14 N–H and O–H groups in total. The van der Waals surface area contributed by atoms with E-state index in [0.717, 1.165) is 196 Å². The Bertz CT molecular complexity index is 2590. The number of halogens is 1. The number of hydrogen-bond donors (Lipinski definition) is 10. The maximum Gasteiger partial charge on any atom is 0.306 e. The van der Waals surface area contributed by atoms with Crippen molar-refractivity contribution >= 4 is 89.1 Å². The van der Waals surface area contributed by atoms with Crippen LogP contribution in [0, 0.1) is 35.5 Å². The highest BCUT2D eigenvalue weighted by atomic mass is 79.9. The third-order valence-electron chi connectivity index (χ3n) is 22.9. The zero-order valence-electron chi connectivity index (χ0n) is 67.7. The molecule has 0 radical (unpaired) electrons. The zero-order valence-corrected chi connectivity index (χ0v) is 71.7. The number of hydrogen-bond acceptors (Lipinski definition) is 29. The number of carboxylic acid groups (broad SMARTS) is 1. The summed E-state index contributed by atoms with van der Waals surface area (Å²) >= 11 is 10.1. The molecule has 0 saturated carbocycles. The van der Waals surface area contributed by atoms with Crippen LogP contribution in [0.4, 0.5) is 15.4 Å². The Morgan fingerprint density at radius 2 is 0.694 bits per heavy atom. The number of nitrogens with zero attached hydrogens (tertiary/aromatic N) is 18. The lowest BCUT2D eigenvalue weighted by Crippen LogP contribution is -2.50. The van der Waals surface area contributed by atoms with Crippen molar-refractivity contribution < 1.29 is 19.5 Å². The summed E-state index contributed by atoms with van der Waals surface area (Å²) in [7, 11) is 17.3. The highest BCUT2D eigenvalue weighted by Crippen LogP contribution is 2.26. The fraction of sp³-hybridized carbons (Fsp3) is 0.890. The van der Waals surface area contributed by atoms with Crippen molar-refractivity contribution in [1.29, 1.82) is 0 Å². The van der Waals surface area contributed by atoms with Gasteiger partial charge in [0.2, 0.25) is 27.2 Å². The van der Waals surface area contributed by atoms with E-state index in [4.69, 9.17) is 22.3 Å². The van der Waals surface area contributed by atoms with E-state index >= 15 is 0 Å². The lowest BCUT2D eigenvalue weighted by Gasteiger charge is -2.38. The summed E-state index contributed by atoms with van der Waals surface area (Å²) in [5, 5.41) is 39.2. The molecule has 0 spiro atoms. The second kappa shape index (κ2) is 53.5. The van der Waals surface area contributed by atoms with Crippen LogP contribution in [0.5, 0.6) is 0 Å². The molecule has 108 heavy (non-hydrogen) atoms. The highest BCUT2D eigenvalue weighted by Gasteiger charge is 2.32. The number of piperidine rings is 6. The van der Waals surface area contributed by atoms with Crippen LogP contribution in [0.2, 0.25) is 0 Å². The Morgan fingerprint density at radius 3 is 0.981 bits per heavy atom. The number of piperazine rings is 6. The molecule has 0 aliphatic carbocycles. The van der Waals surface area contributed by atoms with E-state index in [1.165, 1.54) is 186 Å². The summed E-state index contributed by atoms with van der Waals surface area (Å²) in [6.07, 6.45) is 14.1. The number of likely N-dealkylation sites (N-methyl/N-ethyl adjacent to an activating group) is 2. The molecule has 2 aromatic heterocycles. The number of carbonyl (C=O) groups excluding carboxylic acids is 2. The molecule has 0 unspecified atom stereocenters. The third-order valence-corrected chi connectivity index (χ3v) is 25.0. The summed E-state index contributed by atoms with van der Waals surface area (Å²) in [4.78, 5) is 67.9. The number of nitrogen functional groups attached to an aromatic ring is 2. The van der Waals surface area contributed by atoms with Crippen LogP contribution in [-0.2, 0) is 14.4 Å². The van der Waals surface area contributed by atoms with E-state index < -0.39 is 5.97 Å². The number of amides is 2. The van der Waals surface area contributed by atoms with Gasteiger partial charge in [-0.15, -0.1) is 20.4 Å². The maximum absolute atomic E-state index is 12.3. The number of nitrogens with one attached hydrogen (secondary N) is 5. The number of carbonyl (C=O) groups is 3. The maximum atomic E-state index is 12.3. The molecule has 0 bridgehead atoms. The van der Waals surface area contributed by atoms with Gasteiger partial charge in [-0.3, -0.25) is 19.3 Å². The van der Waals surface area contributed by atoms with Crippen LogP contribution in [-0.4, -0.2) is 424 Å². The van der Waals surface area contributed by atoms with E-state index in [0.29, 0.717) is 33.9 Å². The molecular formula is C73H146BrN27O4S3. The minimum Gasteiger partial charge on any atom is -0.481 e. The minimum absolute atomic E-state index is 0.0869. The molecule has 14 heterocycles. The SMILES string of the molecule is CN1CCC(C(=O)N2CCN(C)CC2)CC1.CN1CCC(C(=O)N2CCNCC2)CC1.CN1CCC(C(=O)O)CC1.CN1CCC(CN2CCN(c3nnc(N)s3)CC2)CC1.CN1CCC(CN2CCNCC2)CC1.CN1CCC(CN2CCNCC2)CC1.CN1CCNCC1.NNC(N)=S.Nc1nnc(Br)s1. The Balaban J connectivity index is 0.000000195.